The Balaban J connectivity index is 3.13. The van der Waals surface area contributed by atoms with E-state index in [4.69, 9.17) is 18.5 Å². The summed E-state index contributed by atoms with van der Waals surface area (Å²) < 4.78 is 34.5. The van der Waals surface area contributed by atoms with Crippen LogP contribution in [0, 0.1) is 0 Å². The van der Waals surface area contributed by atoms with Crippen molar-refractivity contribution >= 4 is 31.1 Å². The molecule has 0 aromatic heterocycles. The molecule has 0 aromatic carbocycles. The normalized spacial score (nSPS) is 26.2. The van der Waals surface area contributed by atoms with Gasteiger partial charge in [0.25, 0.3) is 5.12 Å². The fourth-order valence-electron chi connectivity index (χ4n) is 1.80. The molecule has 1 aliphatic rings. The van der Waals surface area contributed by atoms with E-state index in [0.29, 0.717) is 0 Å². The first kappa shape index (κ1) is 17.8. The van der Waals surface area contributed by atoms with Crippen LogP contribution in [-0.2, 0) is 23.1 Å². The van der Waals surface area contributed by atoms with Crippen molar-refractivity contribution < 1.29 is 23.1 Å². The first-order valence-electron chi connectivity index (χ1n) is 6.05. The molecule has 114 valence electrons. The lowest BCUT2D eigenvalue weighted by atomic mass is 10.5. The second kappa shape index (κ2) is 6.26. The topological polar surface area (TPSA) is 54.0 Å². The van der Waals surface area contributed by atoms with Crippen LogP contribution in [0.3, 0.4) is 0 Å². The average molecular weight is 330 g/mol. The molecule has 0 amide bonds. The van der Waals surface area contributed by atoms with Gasteiger partial charge in [-0.1, -0.05) is 11.8 Å². The predicted molar refractivity (Wildman–Crippen MR) is 80.6 cm³/mol. The highest BCUT2D eigenvalue weighted by molar-refractivity contribution is 8.32. The Kier molecular flexibility index (Phi) is 5.87. The Labute approximate surface area is 124 Å². The third-order valence-corrected chi connectivity index (χ3v) is 10.2. The zero-order valence-corrected chi connectivity index (χ0v) is 15.0. The number of thioether (sulfide) groups is 2. The molecule has 0 spiro atoms. The monoisotopic (exact) mass is 330 g/mol. The number of hydrogen-bond donors (Lipinski definition) is 0. The molecule has 19 heavy (non-hydrogen) atoms. The van der Waals surface area contributed by atoms with Crippen molar-refractivity contribution in [2.75, 3.05) is 20.5 Å². The number of ether oxygens (including phenoxy) is 2. The lowest BCUT2D eigenvalue weighted by Gasteiger charge is -2.30. The minimum atomic E-state index is -3.40. The molecule has 0 bridgehead atoms. The minimum Gasteiger partial charge on any atom is -0.342 e. The van der Waals surface area contributed by atoms with E-state index in [-0.39, 0.29) is 12.2 Å². The lowest BCUT2D eigenvalue weighted by Crippen LogP contribution is -2.30. The van der Waals surface area contributed by atoms with Gasteiger partial charge in [0.15, 0.2) is 0 Å². The third kappa shape index (κ3) is 3.03. The molecule has 1 atom stereocenters. The van der Waals surface area contributed by atoms with Crippen LogP contribution in [-0.4, -0.2) is 41.6 Å². The molecule has 0 saturated carbocycles. The molecular weight excluding hydrogens is 307 g/mol. The van der Waals surface area contributed by atoms with Gasteiger partial charge >= 0.3 is 7.60 Å². The van der Waals surface area contributed by atoms with E-state index in [0.717, 1.165) is 0 Å². The molecule has 0 radical (unpaired) electrons. The molecule has 0 aromatic rings. The van der Waals surface area contributed by atoms with Crippen molar-refractivity contribution in [1.82, 2.24) is 0 Å². The molecule has 5 nitrogen and oxygen atoms in total. The van der Waals surface area contributed by atoms with E-state index in [1.54, 1.807) is 0 Å². The summed E-state index contributed by atoms with van der Waals surface area (Å²) in [5.74, 6) is 0. The van der Waals surface area contributed by atoms with Gasteiger partial charge in [0.2, 0.25) is 3.82 Å². The van der Waals surface area contributed by atoms with Gasteiger partial charge in [-0.2, -0.15) is 0 Å². The van der Waals surface area contributed by atoms with Crippen LogP contribution < -0.4 is 0 Å². The Morgan fingerprint density at radius 2 is 1.47 bits per heavy atom. The van der Waals surface area contributed by atoms with E-state index in [2.05, 4.69) is 0 Å². The number of methoxy groups -OCH3 is 2. The van der Waals surface area contributed by atoms with E-state index in [1.807, 2.05) is 34.0 Å². The van der Waals surface area contributed by atoms with Crippen LogP contribution in [0.25, 0.3) is 0 Å². The summed E-state index contributed by atoms with van der Waals surface area (Å²) >= 11 is 2.71. The molecule has 1 saturated heterocycles. The highest BCUT2D eigenvalue weighted by atomic mass is 32.2. The van der Waals surface area contributed by atoms with Crippen LogP contribution in [0.5, 0.6) is 0 Å². The van der Waals surface area contributed by atoms with Gasteiger partial charge in [0.05, 0.1) is 12.2 Å². The Bertz CT molecular complexity index is 345. The summed E-state index contributed by atoms with van der Waals surface area (Å²) in [5, 5.41) is -0.980. The van der Waals surface area contributed by atoms with Gasteiger partial charge in [-0.3, -0.25) is 4.57 Å². The maximum Gasteiger partial charge on any atom is 0.363 e. The van der Waals surface area contributed by atoms with Crippen molar-refractivity contribution in [3.05, 3.63) is 0 Å². The molecule has 1 aliphatic heterocycles. The van der Waals surface area contributed by atoms with Gasteiger partial charge in [-0.05, 0) is 34.0 Å². The highest BCUT2D eigenvalue weighted by Crippen LogP contribution is 2.87. The first-order chi connectivity index (χ1) is 8.72. The second-order valence-corrected chi connectivity index (χ2v) is 9.98. The SMILES string of the molecule is COC1(OC)SC1(SC)P(=O)(OC(C)C)OC(C)C. The minimum absolute atomic E-state index is 0.207. The van der Waals surface area contributed by atoms with Crippen LogP contribution in [0.1, 0.15) is 27.7 Å². The second-order valence-electron chi connectivity index (χ2n) is 4.66. The number of hydrogen-bond acceptors (Lipinski definition) is 7. The fourth-order valence-corrected chi connectivity index (χ4v) is 8.29. The molecule has 1 rings (SSSR count). The van der Waals surface area contributed by atoms with Crippen molar-refractivity contribution in [2.45, 2.75) is 48.8 Å². The van der Waals surface area contributed by atoms with Crippen LogP contribution in [0.15, 0.2) is 0 Å². The standard InChI is InChI=1S/C11H23O5PS2/c1-8(2)15-17(12,16-9(3)4)11(18-7)10(13-5,14-6)19-11/h8-9H,1-7H3. The van der Waals surface area contributed by atoms with Crippen molar-refractivity contribution in [1.29, 1.82) is 0 Å². The fraction of sp³-hybridized carbons (Fsp3) is 1.00. The van der Waals surface area contributed by atoms with Crippen molar-refractivity contribution in [2.24, 2.45) is 0 Å². The summed E-state index contributed by atoms with van der Waals surface area (Å²) in [5.41, 5.74) is 0. The lowest BCUT2D eigenvalue weighted by molar-refractivity contribution is -0.105. The molecule has 1 unspecified atom stereocenters. The highest BCUT2D eigenvalue weighted by Gasteiger charge is 2.83. The van der Waals surface area contributed by atoms with E-state index in [9.17, 15) is 4.57 Å². The predicted octanol–water partition coefficient (Wildman–Crippen LogP) is 3.74. The van der Waals surface area contributed by atoms with E-state index >= 15 is 0 Å². The maximum atomic E-state index is 13.2. The van der Waals surface area contributed by atoms with Gasteiger partial charge in [0.1, 0.15) is 0 Å². The molecular formula is C11H23O5PS2. The largest absolute Gasteiger partial charge is 0.363 e. The Morgan fingerprint density at radius 1 is 1.05 bits per heavy atom. The van der Waals surface area contributed by atoms with Gasteiger partial charge < -0.3 is 18.5 Å². The molecule has 0 N–H and O–H groups in total. The first-order valence-corrected chi connectivity index (χ1v) is 9.63. The molecule has 0 aliphatic carbocycles. The van der Waals surface area contributed by atoms with Gasteiger partial charge in [0, 0.05) is 14.2 Å². The Hall–Kier alpha value is 0.770. The van der Waals surface area contributed by atoms with Gasteiger partial charge in [-0.25, -0.2) is 0 Å². The van der Waals surface area contributed by atoms with Crippen molar-refractivity contribution in [3.8, 4) is 0 Å². The summed E-state index contributed by atoms with van der Waals surface area (Å²) in [6.07, 6.45) is 1.44. The van der Waals surface area contributed by atoms with E-state index in [1.165, 1.54) is 37.7 Å². The average Bonchev–Trinajstić information content (AvgIpc) is 2.97. The zero-order chi connectivity index (χ0) is 14.9. The van der Waals surface area contributed by atoms with Crippen LogP contribution >= 0.6 is 31.1 Å². The quantitative estimate of drug-likeness (QED) is 0.382. The third-order valence-electron chi connectivity index (χ3n) is 2.49. The van der Waals surface area contributed by atoms with Crippen LogP contribution in [0.4, 0.5) is 0 Å². The summed E-state index contributed by atoms with van der Waals surface area (Å²) in [6, 6.07) is 0. The summed E-state index contributed by atoms with van der Waals surface area (Å²) in [6.45, 7) is 7.33. The molecule has 1 fully saturated rings. The summed E-state index contributed by atoms with van der Waals surface area (Å²) in [7, 11) is -0.339. The van der Waals surface area contributed by atoms with Crippen molar-refractivity contribution in [3.63, 3.8) is 0 Å². The smallest absolute Gasteiger partial charge is 0.342 e. The maximum absolute atomic E-state index is 13.2. The summed E-state index contributed by atoms with van der Waals surface area (Å²) in [4.78, 5) is 0. The Morgan fingerprint density at radius 3 is 1.68 bits per heavy atom. The molecule has 8 heteroatoms. The van der Waals surface area contributed by atoms with Crippen LogP contribution in [0.2, 0.25) is 0 Å². The van der Waals surface area contributed by atoms with E-state index < -0.39 is 16.5 Å². The molecule has 1 heterocycles. The number of rotatable bonds is 8. The zero-order valence-electron chi connectivity index (χ0n) is 12.5. The van der Waals surface area contributed by atoms with Gasteiger partial charge in [-0.15, -0.1) is 11.8 Å².